The molecule has 0 saturated carbocycles. The molecule has 0 bridgehead atoms. The number of anilines is 2. The summed E-state index contributed by atoms with van der Waals surface area (Å²) >= 11 is 6.78. The summed E-state index contributed by atoms with van der Waals surface area (Å²) in [5.74, 6) is 0.0533. The molecule has 164 valence electrons. The van der Waals surface area contributed by atoms with Crippen LogP contribution in [-0.4, -0.2) is 40.5 Å². The quantitative estimate of drug-likeness (QED) is 0.657. The SMILES string of the molecule is Cc1ccc(Nc2cccc([C@]3(C)CC(=O)N(C4CCOC(C)C4)C(=N)N3)c2Cl)cn1. The van der Waals surface area contributed by atoms with Crippen LogP contribution in [0.3, 0.4) is 0 Å². The van der Waals surface area contributed by atoms with Crippen molar-refractivity contribution in [3.05, 3.63) is 52.8 Å². The first-order valence-corrected chi connectivity index (χ1v) is 10.9. The Kier molecular flexibility index (Phi) is 5.90. The molecule has 2 fully saturated rings. The molecule has 8 heteroatoms. The summed E-state index contributed by atoms with van der Waals surface area (Å²) in [6.45, 7) is 6.46. The monoisotopic (exact) mass is 441 g/mol. The van der Waals surface area contributed by atoms with Gasteiger partial charge in [-0.2, -0.15) is 0 Å². The molecule has 7 nitrogen and oxygen atoms in total. The number of ether oxygens (including phenoxy) is 1. The van der Waals surface area contributed by atoms with Crippen LogP contribution in [-0.2, 0) is 15.1 Å². The van der Waals surface area contributed by atoms with Gasteiger partial charge in [-0.3, -0.25) is 20.1 Å². The number of pyridine rings is 1. The Hall–Kier alpha value is -2.64. The number of halogens is 1. The molecule has 0 radical (unpaired) electrons. The summed E-state index contributed by atoms with van der Waals surface area (Å²) in [4.78, 5) is 19.1. The molecule has 1 aromatic heterocycles. The van der Waals surface area contributed by atoms with Crippen molar-refractivity contribution < 1.29 is 9.53 Å². The minimum atomic E-state index is -0.776. The van der Waals surface area contributed by atoms with Crippen molar-refractivity contribution in [2.24, 2.45) is 0 Å². The Bertz CT molecular complexity index is 976. The van der Waals surface area contributed by atoms with Crippen LogP contribution in [0.2, 0.25) is 5.02 Å². The molecule has 4 rings (SSSR count). The lowest BCUT2D eigenvalue weighted by Crippen LogP contribution is -2.63. The smallest absolute Gasteiger partial charge is 0.232 e. The van der Waals surface area contributed by atoms with Gasteiger partial charge in [-0.15, -0.1) is 0 Å². The number of aromatic nitrogens is 1. The molecule has 2 aromatic rings. The molecular formula is C23H28ClN5O2. The summed E-state index contributed by atoms with van der Waals surface area (Å²) in [5, 5.41) is 15.7. The molecule has 3 atom stereocenters. The number of amides is 1. The number of aryl methyl sites for hydroxylation is 1. The number of hydrogen-bond donors (Lipinski definition) is 3. The minimum Gasteiger partial charge on any atom is -0.378 e. The molecule has 2 aliphatic rings. The minimum absolute atomic E-state index is 0.0155. The summed E-state index contributed by atoms with van der Waals surface area (Å²) in [7, 11) is 0. The van der Waals surface area contributed by atoms with Gasteiger partial charge in [0.25, 0.3) is 0 Å². The Balaban J connectivity index is 1.57. The van der Waals surface area contributed by atoms with Crippen LogP contribution >= 0.6 is 11.6 Å². The first-order valence-electron chi connectivity index (χ1n) is 10.6. The van der Waals surface area contributed by atoms with Crippen molar-refractivity contribution >= 4 is 34.8 Å². The average Bonchev–Trinajstić information content (AvgIpc) is 2.70. The van der Waals surface area contributed by atoms with Crippen LogP contribution in [0.25, 0.3) is 0 Å². The average molecular weight is 442 g/mol. The van der Waals surface area contributed by atoms with Crippen LogP contribution < -0.4 is 10.6 Å². The lowest BCUT2D eigenvalue weighted by molar-refractivity contribution is -0.134. The van der Waals surface area contributed by atoms with E-state index in [1.54, 1.807) is 11.1 Å². The third-order valence-electron chi connectivity index (χ3n) is 6.01. The molecule has 2 unspecified atom stereocenters. The molecule has 3 heterocycles. The van der Waals surface area contributed by atoms with Gasteiger partial charge in [0.15, 0.2) is 5.96 Å². The molecule has 0 spiro atoms. The van der Waals surface area contributed by atoms with E-state index in [0.717, 1.165) is 35.5 Å². The lowest BCUT2D eigenvalue weighted by Gasteiger charge is -2.45. The van der Waals surface area contributed by atoms with E-state index in [0.29, 0.717) is 11.6 Å². The first kappa shape index (κ1) is 21.6. The fourth-order valence-electron chi connectivity index (χ4n) is 4.39. The van der Waals surface area contributed by atoms with Crippen molar-refractivity contribution in [1.29, 1.82) is 5.41 Å². The van der Waals surface area contributed by atoms with Crippen molar-refractivity contribution in [2.75, 3.05) is 11.9 Å². The van der Waals surface area contributed by atoms with Crippen molar-refractivity contribution in [1.82, 2.24) is 15.2 Å². The standard InChI is InChI=1S/C23H28ClN5O2/c1-14-7-8-16(13-26-14)27-19-6-4-5-18(21(19)24)23(3)12-20(30)29(22(25)28-23)17-9-10-31-15(2)11-17/h4-8,13,15,17,27H,9-12H2,1-3H3,(H2,25,28)/t15?,17?,23-/m0/s1. The lowest BCUT2D eigenvalue weighted by atomic mass is 9.85. The highest BCUT2D eigenvalue weighted by Gasteiger charge is 2.43. The number of benzene rings is 1. The van der Waals surface area contributed by atoms with Gasteiger partial charge in [0, 0.05) is 18.3 Å². The molecule has 3 N–H and O–H groups in total. The zero-order valence-electron chi connectivity index (χ0n) is 18.0. The third kappa shape index (κ3) is 4.38. The van der Waals surface area contributed by atoms with Crippen LogP contribution in [0, 0.1) is 12.3 Å². The molecule has 2 aliphatic heterocycles. The maximum Gasteiger partial charge on any atom is 0.232 e. The van der Waals surface area contributed by atoms with Crippen molar-refractivity contribution in [2.45, 2.75) is 57.7 Å². The highest BCUT2D eigenvalue weighted by atomic mass is 35.5. The molecular weight excluding hydrogens is 414 g/mol. The van der Waals surface area contributed by atoms with Gasteiger partial charge in [0.1, 0.15) is 0 Å². The Morgan fingerprint density at radius 3 is 2.84 bits per heavy atom. The van der Waals surface area contributed by atoms with Crippen LogP contribution in [0.4, 0.5) is 11.4 Å². The van der Waals surface area contributed by atoms with E-state index in [1.807, 2.05) is 51.1 Å². The van der Waals surface area contributed by atoms with Crippen LogP contribution in [0.5, 0.6) is 0 Å². The van der Waals surface area contributed by atoms with Crippen LogP contribution in [0.15, 0.2) is 36.5 Å². The van der Waals surface area contributed by atoms with Gasteiger partial charge in [-0.25, -0.2) is 0 Å². The normalized spacial score (nSPS) is 26.5. The molecule has 1 aromatic carbocycles. The zero-order chi connectivity index (χ0) is 22.2. The highest BCUT2D eigenvalue weighted by molar-refractivity contribution is 6.34. The number of rotatable bonds is 4. The predicted octanol–water partition coefficient (Wildman–Crippen LogP) is 4.33. The van der Waals surface area contributed by atoms with Crippen LogP contribution in [0.1, 0.15) is 44.4 Å². The Morgan fingerprint density at radius 1 is 1.35 bits per heavy atom. The second-order valence-corrected chi connectivity index (χ2v) is 8.96. The van der Waals surface area contributed by atoms with Gasteiger partial charge in [-0.1, -0.05) is 23.7 Å². The number of carbonyl (C=O) groups is 1. The molecule has 31 heavy (non-hydrogen) atoms. The predicted molar refractivity (Wildman–Crippen MR) is 122 cm³/mol. The number of nitrogens with one attached hydrogen (secondary N) is 3. The Morgan fingerprint density at radius 2 is 2.16 bits per heavy atom. The van der Waals surface area contributed by atoms with E-state index in [1.165, 1.54) is 0 Å². The molecule has 2 saturated heterocycles. The van der Waals surface area contributed by atoms with Crippen molar-refractivity contribution in [3.8, 4) is 0 Å². The summed E-state index contributed by atoms with van der Waals surface area (Å²) in [6.07, 6.45) is 3.53. The van der Waals surface area contributed by atoms with E-state index in [-0.39, 0.29) is 30.4 Å². The van der Waals surface area contributed by atoms with E-state index in [2.05, 4.69) is 15.6 Å². The molecule has 1 amide bonds. The van der Waals surface area contributed by atoms with E-state index >= 15 is 0 Å². The second kappa shape index (κ2) is 8.48. The second-order valence-electron chi connectivity index (χ2n) is 8.59. The topological polar surface area (TPSA) is 90.3 Å². The largest absolute Gasteiger partial charge is 0.378 e. The third-order valence-corrected chi connectivity index (χ3v) is 6.42. The number of carbonyl (C=O) groups excluding carboxylic acids is 1. The van der Waals surface area contributed by atoms with Gasteiger partial charge in [0.2, 0.25) is 5.91 Å². The first-order chi connectivity index (χ1) is 14.8. The summed E-state index contributed by atoms with van der Waals surface area (Å²) < 4.78 is 5.61. The number of guanidine groups is 1. The fraction of sp³-hybridized carbons (Fsp3) is 0.435. The molecule has 0 aliphatic carbocycles. The fourth-order valence-corrected chi connectivity index (χ4v) is 4.77. The van der Waals surface area contributed by atoms with Gasteiger partial charge in [0.05, 0.1) is 40.7 Å². The van der Waals surface area contributed by atoms with Gasteiger partial charge >= 0.3 is 0 Å². The highest BCUT2D eigenvalue weighted by Crippen LogP contribution is 2.39. The Labute approximate surface area is 187 Å². The number of nitrogens with zero attached hydrogens (tertiary/aromatic N) is 2. The van der Waals surface area contributed by atoms with E-state index in [9.17, 15) is 4.79 Å². The van der Waals surface area contributed by atoms with Crippen molar-refractivity contribution in [3.63, 3.8) is 0 Å². The van der Waals surface area contributed by atoms with E-state index < -0.39 is 5.54 Å². The summed E-state index contributed by atoms with van der Waals surface area (Å²) in [6, 6.07) is 9.55. The summed E-state index contributed by atoms with van der Waals surface area (Å²) in [5.41, 5.74) is 2.49. The maximum absolute atomic E-state index is 13.2. The van der Waals surface area contributed by atoms with Gasteiger partial charge < -0.3 is 15.4 Å². The number of hydrogen-bond acceptors (Lipinski definition) is 5. The van der Waals surface area contributed by atoms with E-state index in [4.69, 9.17) is 21.7 Å². The zero-order valence-corrected chi connectivity index (χ0v) is 18.8. The maximum atomic E-state index is 13.2. The van der Waals surface area contributed by atoms with Gasteiger partial charge in [-0.05, 0) is 57.4 Å².